The van der Waals surface area contributed by atoms with Crippen LogP contribution in [0.3, 0.4) is 0 Å². The first-order valence-electron chi connectivity index (χ1n) is 4.82. The summed E-state index contributed by atoms with van der Waals surface area (Å²) in [5, 5.41) is 9.46. The van der Waals surface area contributed by atoms with Gasteiger partial charge in [-0.3, -0.25) is 0 Å². The van der Waals surface area contributed by atoms with Crippen molar-refractivity contribution in [3.05, 3.63) is 59.9 Å². The third-order valence-electron chi connectivity index (χ3n) is 2.11. The van der Waals surface area contributed by atoms with Gasteiger partial charge in [-0.1, -0.05) is 12.1 Å². The minimum atomic E-state index is -0.393. The summed E-state index contributed by atoms with van der Waals surface area (Å²) < 4.78 is 18.3. The summed E-state index contributed by atoms with van der Waals surface area (Å²) in [6.07, 6.45) is 0. The molecule has 0 atom stereocenters. The van der Waals surface area contributed by atoms with E-state index in [9.17, 15) is 9.50 Å². The molecule has 2 nitrogen and oxygen atoms in total. The number of halogens is 1. The first-order valence-corrected chi connectivity index (χ1v) is 4.82. The largest absolute Gasteiger partial charge is 0.508 e. The van der Waals surface area contributed by atoms with Crippen LogP contribution in [0.15, 0.2) is 42.5 Å². The van der Waals surface area contributed by atoms with Gasteiger partial charge >= 0.3 is 0 Å². The Kier molecular flexibility index (Phi) is 3.05. The van der Waals surface area contributed by atoms with E-state index >= 15 is 0 Å². The standard InChI is InChI=1S/C13H10FO2/c14-11-6-7-13(15)10(8-11)9-16-12-4-2-1-3-5-12/h1-2,4-8,15H,9H2. The zero-order valence-corrected chi connectivity index (χ0v) is 8.48. The van der Waals surface area contributed by atoms with Crippen molar-refractivity contribution in [2.75, 3.05) is 0 Å². The maximum atomic E-state index is 12.9. The number of ether oxygens (including phenoxy) is 1. The molecule has 0 saturated carbocycles. The molecule has 3 heteroatoms. The zero-order chi connectivity index (χ0) is 11.4. The lowest BCUT2D eigenvalue weighted by atomic mass is 10.2. The topological polar surface area (TPSA) is 29.5 Å². The molecule has 0 fully saturated rings. The first kappa shape index (κ1) is 10.5. The van der Waals surface area contributed by atoms with Gasteiger partial charge in [-0.15, -0.1) is 0 Å². The Bertz CT molecular complexity index is 469. The average molecular weight is 217 g/mol. The molecule has 0 bridgehead atoms. The number of hydrogen-bond acceptors (Lipinski definition) is 2. The summed E-state index contributed by atoms with van der Waals surface area (Å²) >= 11 is 0. The lowest BCUT2D eigenvalue weighted by molar-refractivity contribution is 0.298. The second-order valence-corrected chi connectivity index (χ2v) is 3.30. The molecule has 0 aliphatic rings. The maximum absolute atomic E-state index is 12.9. The van der Waals surface area contributed by atoms with Crippen LogP contribution in [-0.4, -0.2) is 5.11 Å². The van der Waals surface area contributed by atoms with Gasteiger partial charge in [0.25, 0.3) is 0 Å². The molecular weight excluding hydrogens is 207 g/mol. The van der Waals surface area contributed by atoms with Crippen LogP contribution >= 0.6 is 0 Å². The van der Waals surface area contributed by atoms with Crippen LogP contribution in [-0.2, 0) is 6.61 Å². The normalized spacial score (nSPS) is 10.1. The van der Waals surface area contributed by atoms with E-state index in [0.29, 0.717) is 11.3 Å². The van der Waals surface area contributed by atoms with Crippen molar-refractivity contribution >= 4 is 0 Å². The van der Waals surface area contributed by atoms with Gasteiger partial charge in [-0.05, 0) is 36.4 Å². The highest BCUT2D eigenvalue weighted by atomic mass is 19.1. The van der Waals surface area contributed by atoms with Crippen molar-refractivity contribution in [2.24, 2.45) is 0 Å². The van der Waals surface area contributed by atoms with Gasteiger partial charge in [0.05, 0.1) is 0 Å². The van der Waals surface area contributed by atoms with Crippen LogP contribution in [0.1, 0.15) is 5.56 Å². The van der Waals surface area contributed by atoms with Gasteiger partial charge in [0.1, 0.15) is 23.9 Å². The molecule has 0 amide bonds. The smallest absolute Gasteiger partial charge is 0.123 e. The summed E-state index contributed by atoms with van der Waals surface area (Å²) in [7, 11) is 0. The predicted molar refractivity (Wildman–Crippen MR) is 57.7 cm³/mol. The first-order chi connectivity index (χ1) is 7.75. The highest BCUT2D eigenvalue weighted by molar-refractivity contribution is 5.32. The van der Waals surface area contributed by atoms with E-state index in [-0.39, 0.29) is 12.4 Å². The van der Waals surface area contributed by atoms with Crippen molar-refractivity contribution in [1.29, 1.82) is 0 Å². The van der Waals surface area contributed by atoms with Crippen LogP contribution in [0, 0.1) is 11.9 Å². The number of aromatic hydroxyl groups is 1. The Morgan fingerprint density at radius 3 is 2.94 bits per heavy atom. The summed E-state index contributed by atoms with van der Waals surface area (Å²) in [5.41, 5.74) is 0.420. The van der Waals surface area contributed by atoms with Crippen LogP contribution in [0.5, 0.6) is 11.5 Å². The predicted octanol–water partition coefficient (Wildman–Crippen LogP) is 2.91. The molecule has 0 saturated heterocycles. The summed E-state index contributed by atoms with van der Waals surface area (Å²) in [4.78, 5) is 0. The summed E-state index contributed by atoms with van der Waals surface area (Å²) in [5.74, 6) is 0.267. The molecule has 0 aliphatic carbocycles. The number of phenols is 1. The minimum absolute atomic E-state index is 0.0290. The van der Waals surface area contributed by atoms with Crippen molar-refractivity contribution in [2.45, 2.75) is 6.61 Å². The van der Waals surface area contributed by atoms with Crippen molar-refractivity contribution in [3.8, 4) is 11.5 Å². The zero-order valence-electron chi connectivity index (χ0n) is 8.48. The van der Waals surface area contributed by atoms with E-state index in [1.807, 2.05) is 0 Å². The molecule has 0 spiro atoms. The molecule has 16 heavy (non-hydrogen) atoms. The van der Waals surface area contributed by atoms with E-state index in [4.69, 9.17) is 4.74 Å². The number of hydrogen-bond donors (Lipinski definition) is 1. The lowest BCUT2D eigenvalue weighted by Crippen LogP contribution is -1.96. The van der Waals surface area contributed by atoms with Gasteiger partial charge < -0.3 is 9.84 Å². The van der Waals surface area contributed by atoms with Crippen LogP contribution in [0.2, 0.25) is 0 Å². The molecule has 1 N–H and O–H groups in total. The minimum Gasteiger partial charge on any atom is -0.508 e. The van der Waals surface area contributed by atoms with E-state index in [0.717, 1.165) is 0 Å². The van der Waals surface area contributed by atoms with E-state index in [2.05, 4.69) is 6.07 Å². The van der Waals surface area contributed by atoms with Crippen molar-refractivity contribution < 1.29 is 14.2 Å². The Morgan fingerprint density at radius 2 is 2.19 bits per heavy atom. The second-order valence-electron chi connectivity index (χ2n) is 3.30. The highest BCUT2D eigenvalue weighted by Gasteiger charge is 2.03. The molecule has 0 aliphatic heterocycles. The molecule has 2 rings (SSSR count). The molecular formula is C13H10FO2. The molecule has 0 unspecified atom stereocenters. The Balaban J connectivity index is 2.08. The van der Waals surface area contributed by atoms with Gasteiger partial charge in [0.2, 0.25) is 0 Å². The van der Waals surface area contributed by atoms with Crippen LogP contribution in [0.25, 0.3) is 0 Å². The van der Waals surface area contributed by atoms with Gasteiger partial charge in [-0.2, -0.15) is 0 Å². The van der Waals surface area contributed by atoms with Gasteiger partial charge in [-0.25, -0.2) is 4.39 Å². The molecule has 2 aromatic carbocycles. The summed E-state index contributed by atoms with van der Waals surface area (Å²) in [6.45, 7) is 0.126. The van der Waals surface area contributed by atoms with Crippen LogP contribution < -0.4 is 4.74 Å². The third-order valence-corrected chi connectivity index (χ3v) is 2.11. The quantitative estimate of drug-likeness (QED) is 0.856. The Labute approximate surface area is 92.9 Å². The van der Waals surface area contributed by atoms with Crippen molar-refractivity contribution in [3.63, 3.8) is 0 Å². The SMILES string of the molecule is Oc1ccc(F)cc1COc1c[c]ccc1. The molecule has 1 radical (unpaired) electrons. The van der Waals surface area contributed by atoms with Gasteiger partial charge in [0, 0.05) is 5.56 Å². The summed E-state index contributed by atoms with van der Waals surface area (Å²) in [6, 6.07) is 13.6. The number of rotatable bonds is 3. The fourth-order valence-corrected chi connectivity index (χ4v) is 1.30. The van der Waals surface area contributed by atoms with E-state index < -0.39 is 5.82 Å². The van der Waals surface area contributed by atoms with E-state index in [1.54, 1.807) is 24.3 Å². The molecule has 81 valence electrons. The second kappa shape index (κ2) is 4.66. The Morgan fingerprint density at radius 1 is 1.31 bits per heavy atom. The number of benzene rings is 2. The number of phenolic OH excluding ortho intramolecular Hbond substituents is 1. The lowest BCUT2D eigenvalue weighted by Gasteiger charge is -2.07. The monoisotopic (exact) mass is 217 g/mol. The van der Waals surface area contributed by atoms with Crippen LogP contribution in [0.4, 0.5) is 4.39 Å². The fraction of sp³-hybridized carbons (Fsp3) is 0.0769. The molecule has 0 aromatic heterocycles. The molecule has 0 heterocycles. The average Bonchev–Trinajstić information content (AvgIpc) is 2.32. The maximum Gasteiger partial charge on any atom is 0.123 e. The Hall–Kier alpha value is -2.03. The third kappa shape index (κ3) is 2.51. The molecule has 2 aromatic rings. The fourth-order valence-electron chi connectivity index (χ4n) is 1.30. The van der Waals surface area contributed by atoms with Gasteiger partial charge in [0.15, 0.2) is 0 Å². The highest BCUT2D eigenvalue weighted by Crippen LogP contribution is 2.20. The van der Waals surface area contributed by atoms with Crippen molar-refractivity contribution in [1.82, 2.24) is 0 Å². The van der Waals surface area contributed by atoms with E-state index in [1.165, 1.54) is 18.2 Å².